The number of esters is 1. The van der Waals surface area contributed by atoms with E-state index in [-0.39, 0.29) is 43.2 Å². The Hall–Kier alpha value is -3.23. The van der Waals surface area contributed by atoms with Gasteiger partial charge in [-0.1, -0.05) is 43.2 Å². The lowest BCUT2D eigenvalue weighted by molar-refractivity contribution is -0.158. The molecular formula is C22H27N3O6. The van der Waals surface area contributed by atoms with Crippen molar-refractivity contribution in [1.82, 2.24) is 15.5 Å². The van der Waals surface area contributed by atoms with E-state index in [9.17, 15) is 24.0 Å². The Morgan fingerprint density at radius 3 is 2.29 bits per heavy atom. The van der Waals surface area contributed by atoms with Crippen molar-refractivity contribution in [2.45, 2.75) is 51.6 Å². The largest absolute Gasteiger partial charge is 0.464 e. The molecule has 1 saturated carbocycles. The highest BCUT2D eigenvalue weighted by molar-refractivity contribution is 6.07. The van der Waals surface area contributed by atoms with Crippen LogP contribution in [0.25, 0.3) is 0 Å². The maximum atomic E-state index is 12.6. The Kier molecular flexibility index (Phi) is 7.38. The molecule has 0 aromatic heterocycles. The Balaban J connectivity index is 1.39. The van der Waals surface area contributed by atoms with Crippen molar-refractivity contribution < 1.29 is 28.7 Å². The first-order valence-corrected chi connectivity index (χ1v) is 10.5. The van der Waals surface area contributed by atoms with Gasteiger partial charge in [0.1, 0.15) is 12.6 Å². The van der Waals surface area contributed by atoms with Crippen molar-refractivity contribution >= 4 is 29.7 Å². The highest BCUT2D eigenvalue weighted by atomic mass is 16.5. The normalized spacial score (nSPS) is 21.3. The summed E-state index contributed by atoms with van der Waals surface area (Å²) in [6, 6.07) is 7.53. The number of amides is 5. The van der Waals surface area contributed by atoms with Crippen molar-refractivity contribution in [2.75, 3.05) is 6.61 Å². The number of benzene rings is 1. The SMILES string of the molecule is C[C@@H](C(=O)OCCC(=O)NC(=O)NCc1ccccc1)N1C(=O)C2CCCCC2C1=O. The van der Waals surface area contributed by atoms with Crippen LogP contribution in [-0.4, -0.2) is 47.3 Å². The quantitative estimate of drug-likeness (QED) is 0.500. The zero-order chi connectivity index (χ0) is 22.4. The molecule has 9 heteroatoms. The van der Waals surface area contributed by atoms with Gasteiger partial charge in [0.2, 0.25) is 17.7 Å². The number of hydrogen-bond acceptors (Lipinski definition) is 6. The fourth-order valence-electron chi connectivity index (χ4n) is 4.05. The van der Waals surface area contributed by atoms with Crippen molar-refractivity contribution in [3.8, 4) is 0 Å². The molecule has 1 aliphatic carbocycles. The third-order valence-electron chi connectivity index (χ3n) is 5.73. The van der Waals surface area contributed by atoms with Gasteiger partial charge in [0.15, 0.2) is 0 Å². The van der Waals surface area contributed by atoms with Crippen molar-refractivity contribution in [3.63, 3.8) is 0 Å². The highest BCUT2D eigenvalue weighted by Gasteiger charge is 2.51. The maximum absolute atomic E-state index is 12.6. The summed E-state index contributed by atoms with van der Waals surface area (Å²) in [7, 11) is 0. The molecule has 1 aromatic carbocycles. The minimum atomic E-state index is -1.04. The topological polar surface area (TPSA) is 122 Å². The van der Waals surface area contributed by atoms with Gasteiger partial charge in [-0.05, 0) is 25.3 Å². The summed E-state index contributed by atoms with van der Waals surface area (Å²) in [5.41, 5.74) is 0.888. The van der Waals surface area contributed by atoms with E-state index >= 15 is 0 Å². The summed E-state index contributed by atoms with van der Waals surface area (Å²) in [5.74, 6) is -2.65. The Morgan fingerprint density at radius 1 is 1.06 bits per heavy atom. The second-order valence-electron chi connectivity index (χ2n) is 7.85. The van der Waals surface area contributed by atoms with Crippen LogP contribution in [0, 0.1) is 11.8 Å². The van der Waals surface area contributed by atoms with Gasteiger partial charge >= 0.3 is 12.0 Å². The first-order chi connectivity index (χ1) is 14.9. The number of hydrogen-bond donors (Lipinski definition) is 2. The van der Waals surface area contributed by atoms with Crippen molar-refractivity contribution in [1.29, 1.82) is 0 Å². The van der Waals surface area contributed by atoms with E-state index in [1.807, 2.05) is 30.3 Å². The summed E-state index contributed by atoms with van der Waals surface area (Å²) in [6.07, 6.45) is 2.92. The lowest BCUT2D eigenvalue weighted by atomic mass is 9.81. The van der Waals surface area contributed by atoms with Crippen LogP contribution < -0.4 is 10.6 Å². The third kappa shape index (κ3) is 5.48. The summed E-state index contributed by atoms with van der Waals surface area (Å²) >= 11 is 0. The molecular weight excluding hydrogens is 402 g/mol. The third-order valence-corrected chi connectivity index (χ3v) is 5.73. The van der Waals surface area contributed by atoms with E-state index in [0.29, 0.717) is 12.8 Å². The molecule has 0 radical (unpaired) electrons. The van der Waals surface area contributed by atoms with E-state index in [4.69, 9.17) is 4.74 Å². The molecule has 1 aromatic rings. The monoisotopic (exact) mass is 429 g/mol. The Labute approximate surface area is 180 Å². The molecule has 166 valence electrons. The van der Waals surface area contributed by atoms with Crippen LogP contribution in [0.5, 0.6) is 0 Å². The van der Waals surface area contributed by atoms with Gasteiger partial charge in [0.25, 0.3) is 0 Å². The van der Waals surface area contributed by atoms with Gasteiger partial charge in [-0.3, -0.25) is 24.6 Å². The number of carbonyl (C=O) groups is 5. The van der Waals surface area contributed by atoms with Crippen molar-refractivity contribution in [3.05, 3.63) is 35.9 Å². The fourth-order valence-corrected chi connectivity index (χ4v) is 4.05. The number of imide groups is 2. The molecule has 1 heterocycles. The number of ether oxygens (including phenoxy) is 1. The smallest absolute Gasteiger partial charge is 0.329 e. The molecule has 2 fully saturated rings. The number of nitrogens with one attached hydrogen (secondary N) is 2. The zero-order valence-corrected chi connectivity index (χ0v) is 17.5. The van der Waals surface area contributed by atoms with Crippen LogP contribution in [0.15, 0.2) is 30.3 Å². The summed E-state index contributed by atoms with van der Waals surface area (Å²) in [6.45, 7) is 1.46. The first kappa shape index (κ1) is 22.5. The number of fused-ring (bicyclic) bond motifs is 1. The number of urea groups is 1. The predicted octanol–water partition coefficient (Wildman–Crippen LogP) is 1.51. The summed E-state index contributed by atoms with van der Waals surface area (Å²) in [4.78, 5) is 62.1. The van der Waals surface area contributed by atoms with Gasteiger partial charge in [0.05, 0.1) is 18.3 Å². The van der Waals surface area contributed by atoms with Gasteiger partial charge in [0, 0.05) is 6.54 Å². The predicted molar refractivity (Wildman–Crippen MR) is 109 cm³/mol. The molecule has 5 amide bonds. The second kappa shape index (κ2) is 10.2. The lowest BCUT2D eigenvalue weighted by Gasteiger charge is -2.21. The molecule has 0 spiro atoms. The van der Waals surface area contributed by atoms with Gasteiger partial charge in [-0.25, -0.2) is 9.59 Å². The first-order valence-electron chi connectivity index (χ1n) is 10.5. The minimum Gasteiger partial charge on any atom is -0.464 e. The molecule has 1 aliphatic heterocycles. The summed E-state index contributed by atoms with van der Waals surface area (Å²) in [5, 5.41) is 4.72. The molecule has 3 atom stereocenters. The molecule has 9 nitrogen and oxygen atoms in total. The Bertz CT molecular complexity index is 832. The number of carbonyl (C=O) groups excluding carboxylic acids is 5. The molecule has 31 heavy (non-hydrogen) atoms. The maximum Gasteiger partial charge on any atom is 0.329 e. The Morgan fingerprint density at radius 2 is 1.68 bits per heavy atom. The van der Waals surface area contributed by atoms with Crippen LogP contribution in [0.1, 0.15) is 44.6 Å². The number of likely N-dealkylation sites (tertiary alicyclic amines) is 1. The fraction of sp³-hybridized carbons (Fsp3) is 0.500. The molecule has 3 rings (SSSR count). The van der Waals surface area contributed by atoms with Gasteiger partial charge < -0.3 is 10.1 Å². The molecule has 0 bridgehead atoms. The van der Waals surface area contributed by atoms with E-state index in [2.05, 4.69) is 10.6 Å². The van der Waals surface area contributed by atoms with Crippen LogP contribution in [0.2, 0.25) is 0 Å². The average molecular weight is 429 g/mol. The lowest BCUT2D eigenvalue weighted by Crippen LogP contribution is -2.44. The van der Waals surface area contributed by atoms with E-state index in [1.165, 1.54) is 6.92 Å². The van der Waals surface area contributed by atoms with Crippen LogP contribution in [0.3, 0.4) is 0 Å². The molecule has 2 unspecified atom stereocenters. The van der Waals surface area contributed by atoms with Gasteiger partial charge in [-0.15, -0.1) is 0 Å². The number of rotatable bonds is 7. The van der Waals surface area contributed by atoms with Crippen LogP contribution in [0.4, 0.5) is 4.79 Å². The van der Waals surface area contributed by atoms with E-state index in [0.717, 1.165) is 23.3 Å². The molecule has 1 saturated heterocycles. The number of nitrogens with zero attached hydrogens (tertiary/aromatic N) is 1. The summed E-state index contributed by atoms with van der Waals surface area (Å²) < 4.78 is 5.07. The molecule has 2 aliphatic rings. The van der Waals surface area contributed by atoms with Crippen LogP contribution in [-0.2, 0) is 30.5 Å². The van der Waals surface area contributed by atoms with Crippen molar-refractivity contribution in [2.24, 2.45) is 11.8 Å². The van der Waals surface area contributed by atoms with E-state index < -0.39 is 23.9 Å². The molecule has 2 N–H and O–H groups in total. The van der Waals surface area contributed by atoms with Gasteiger partial charge in [-0.2, -0.15) is 0 Å². The second-order valence-corrected chi connectivity index (χ2v) is 7.85. The standard InChI is InChI=1S/C22H27N3O6/c1-14(25-19(27)16-9-5-6-10-17(16)20(25)28)21(29)31-12-11-18(26)24-22(30)23-13-15-7-3-2-4-8-15/h2-4,7-8,14,16-17H,5-6,9-13H2,1H3,(H2,23,24,26,30)/t14-,16?,17?/m0/s1. The highest BCUT2D eigenvalue weighted by Crippen LogP contribution is 2.38. The average Bonchev–Trinajstić information content (AvgIpc) is 3.02. The van der Waals surface area contributed by atoms with E-state index in [1.54, 1.807) is 0 Å². The zero-order valence-electron chi connectivity index (χ0n) is 17.5. The minimum absolute atomic E-state index is 0.218. The van der Waals surface area contributed by atoms with Crippen LogP contribution >= 0.6 is 0 Å².